The fourth-order valence-electron chi connectivity index (χ4n) is 2.57. The number of hydrogen-bond donors (Lipinski definition) is 1. The average molecular weight is 329 g/mol. The lowest BCUT2D eigenvalue weighted by Gasteiger charge is -2.27. The number of nitrogens with one attached hydrogen (secondary N) is 1. The summed E-state index contributed by atoms with van der Waals surface area (Å²) in [6.07, 6.45) is 8.31. The van der Waals surface area contributed by atoms with Gasteiger partial charge in [-0.2, -0.15) is 11.8 Å². The molecule has 0 spiro atoms. The van der Waals surface area contributed by atoms with Gasteiger partial charge in [-0.15, -0.1) is 11.3 Å². The molecule has 21 heavy (non-hydrogen) atoms. The van der Waals surface area contributed by atoms with Gasteiger partial charge in [-0.3, -0.25) is 4.79 Å². The average Bonchev–Trinajstić information content (AvgIpc) is 2.94. The maximum atomic E-state index is 11.3. The summed E-state index contributed by atoms with van der Waals surface area (Å²) in [5.41, 5.74) is 0.980. The number of ether oxygens (including phenoxy) is 1. The van der Waals surface area contributed by atoms with Crippen molar-refractivity contribution in [3.05, 3.63) is 11.1 Å². The Labute approximate surface area is 135 Å². The number of anilines is 1. The molecule has 1 N–H and O–H groups in total. The van der Waals surface area contributed by atoms with Crippen molar-refractivity contribution in [3.8, 4) is 0 Å². The maximum Gasteiger partial charge on any atom is 0.306 e. The van der Waals surface area contributed by atoms with E-state index in [1.54, 1.807) is 11.3 Å². The van der Waals surface area contributed by atoms with Crippen molar-refractivity contribution in [3.63, 3.8) is 0 Å². The first-order valence-corrected chi connectivity index (χ1v) is 9.77. The summed E-state index contributed by atoms with van der Waals surface area (Å²) in [6, 6.07) is 0.553. The highest BCUT2D eigenvalue weighted by Gasteiger charge is 2.21. The summed E-state index contributed by atoms with van der Waals surface area (Å²) in [5.74, 6) is -0.143. The van der Waals surface area contributed by atoms with Crippen LogP contribution in [0.25, 0.3) is 0 Å². The lowest BCUT2D eigenvalue weighted by Crippen LogP contribution is -2.26. The van der Waals surface area contributed by atoms with Crippen molar-refractivity contribution >= 4 is 34.2 Å². The van der Waals surface area contributed by atoms with Crippen LogP contribution in [0.3, 0.4) is 0 Å². The first-order chi connectivity index (χ1) is 10.2. The largest absolute Gasteiger partial charge is 0.466 e. The molecule has 0 unspecified atom stereocenters. The fraction of sp³-hybridized carbons (Fsp3) is 0.733. The van der Waals surface area contributed by atoms with Gasteiger partial charge in [-0.25, -0.2) is 4.98 Å². The van der Waals surface area contributed by atoms with E-state index in [9.17, 15) is 4.79 Å². The SMILES string of the molecule is CCOC(=O)CCc1csc(NC2CCC(SC)CC2)n1. The van der Waals surface area contributed by atoms with Gasteiger partial charge in [0, 0.05) is 23.1 Å². The van der Waals surface area contributed by atoms with E-state index in [0.29, 0.717) is 25.5 Å². The Hall–Kier alpha value is -0.750. The molecule has 0 atom stereocenters. The highest BCUT2D eigenvalue weighted by atomic mass is 32.2. The molecule has 0 radical (unpaired) electrons. The molecule has 6 heteroatoms. The van der Waals surface area contributed by atoms with Crippen molar-refractivity contribution in [2.45, 2.75) is 56.7 Å². The number of carbonyl (C=O) groups is 1. The van der Waals surface area contributed by atoms with Crippen molar-refractivity contribution in [2.75, 3.05) is 18.2 Å². The van der Waals surface area contributed by atoms with Crippen LogP contribution >= 0.6 is 23.1 Å². The van der Waals surface area contributed by atoms with Crippen molar-refractivity contribution in [1.82, 2.24) is 4.98 Å². The molecule has 1 heterocycles. The minimum Gasteiger partial charge on any atom is -0.466 e. The number of thiazole rings is 1. The molecule has 1 aromatic heterocycles. The minimum atomic E-state index is -0.143. The number of aryl methyl sites for hydroxylation is 1. The van der Waals surface area contributed by atoms with Crippen LogP contribution in [-0.2, 0) is 16.0 Å². The first kappa shape index (κ1) is 16.6. The Morgan fingerprint density at radius 1 is 1.48 bits per heavy atom. The molecular weight excluding hydrogens is 304 g/mol. The smallest absolute Gasteiger partial charge is 0.306 e. The molecule has 0 aromatic carbocycles. The van der Waals surface area contributed by atoms with Crippen LogP contribution in [0, 0.1) is 0 Å². The zero-order chi connectivity index (χ0) is 15.1. The predicted octanol–water partition coefficient (Wildman–Crippen LogP) is 3.72. The Kier molecular flexibility index (Phi) is 6.83. The number of aromatic nitrogens is 1. The van der Waals surface area contributed by atoms with Crippen LogP contribution in [0.1, 0.15) is 44.7 Å². The second-order valence-electron chi connectivity index (χ2n) is 5.30. The fourth-order valence-corrected chi connectivity index (χ4v) is 4.14. The van der Waals surface area contributed by atoms with Gasteiger partial charge in [-0.05, 0) is 38.9 Å². The topological polar surface area (TPSA) is 51.2 Å². The van der Waals surface area contributed by atoms with E-state index in [0.717, 1.165) is 16.1 Å². The van der Waals surface area contributed by atoms with Gasteiger partial charge >= 0.3 is 5.97 Å². The third-order valence-corrected chi connectivity index (χ3v) is 5.74. The normalized spacial score (nSPS) is 22.0. The van der Waals surface area contributed by atoms with Gasteiger partial charge in [0.05, 0.1) is 18.7 Å². The Balaban J connectivity index is 1.74. The maximum absolute atomic E-state index is 11.3. The molecule has 1 saturated carbocycles. The minimum absolute atomic E-state index is 0.143. The quantitative estimate of drug-likeness (QED) is 0.773. The van der Waals surface area contributed by atoms with Gasteiger partial charge in [0.15, 0.2) is 5.13 Å². The summed E-state index contributed by atoms with van der Waals surface area (Å²) in [4.78, 5) is 15.9. The van der Waals surface area contributed by atoms with Gasteiger partial charge in [-0.1, -0.05) is 0 Å². The first-order valence-electron chi connectivity index (χ1n) is 7.60. The molecule has 0 aliphatic heterocycles. The molecule has 0 saturated heterocycles. The molecule has 1 fully saturated rings. The van der Waals surface area contributed by atoms with Gasteiger partial charge in [0.25, 0.3) is 0 Å². The van der Waals surface area contributed by atoms with Crippen molar-refractivity contribution in [1.29, 1.82) is 0 Å². The van der Waals surface area contributed by atoms with Crippen molar-refractivity contribution < 1.29 is 9.53 Å². The zero-order valence-electron chi connectivity index (χ0n) is 12.8. The van der Waals surface area contributed by atoms with Crippen LogP contribution < -0.4 is 5.32 Å². The number of esters is 1. The summed E-state index contributed by atoms with van der Waals surface area (Å²) in [7, 11) is 0. The molecule has 0 bridgehead atoms. The molecule has 4 nitrogen and oxygen atoms in total. The predicted molar refractivity (Wildman–Crippen MR) is 90.2 cm³/mol. The Morgan fingerprint density at radius 2 is 2.24 bits per heavy atom. The van der Waals surface area contributed by atoms with Gasteiger partial charge in [0.1, 0.15) is 0 Å². The standard InChI is InChI=1S/C15H24N2O2S2/c1-3-19-14(18)9-6-12-10-21-15(17-12)16-11-4-7-13(20-2)8-5-11/h10-11,13H,3-9H2,1-2H3,(H,16,17). The molecule has 1 aromatic rings. The summed E-state index contributed by atoms with van der Waals surface area (Å²) >= 11 is 3.62. The van der Waals surface area contributed by atoms with Crippen LogP contribution in [0.4, 0.5) is 5.13 Å². The van der Waals surface area contributed by atoms with Crippen LogP contribution in [0.15, 0.2) is 5.38 Å². The van der Waals surface area contributed by atoms with E-state index in [1.165, 1.54) is 25.7 Å². The van der Waals surface area contributed by atoms with E-state index >= 15 is 0 Å². The molecular formula is C15H24N2O2S2. The zero-order valence-corrected chi connectivity index (χ0v) is 14.4. The van der Waals surface area contributed by atoms with E-state index < -0.39 is 0 Å². The lowest BCUT2D eigenvalue weighted by molar-refractivity contribution is -0.143. The molecule has 1 aliphatic carbocycles. The second-order valence-corrected chi connectivity index (χ2v) is 7.30. The Bertz CT molecular complexity index is 443. The summed E-state index contributed by atoms with van der Waals surface area (Å²) in [6.45, 7) is 2.27. The van der Waals surface area contributed by atoms with E-state index in [2.05, 4.69) is 16.6 Å². The summed E-state index contributed by atoms with van der Waals surface area (Å²) < 4.78 is 4.93. The lowest BCUT2D eigenvalue weighted by atomic mass is 9.95. The molecule has 2 rings (SSSR count). The summed E-state index contributed by atoms with van der Waals surface area (Å²) in [5, 5.41) is 7.40. The number of thioether (sulfide) groups is 1. The van der Waals surface area contributed by atoms with E-state index in [-0.39, 0.29) is 5.97 Å². The van der Waals surface area contributed by atoms with Crippen LogP contribution in [0.2, 0.25) is 0 Å². The van der Waals surface area contributed by atoms with Crippen LogP contribution in [-0.4, -0.2) is 35.1 Å². The molecule has 118 valence electrons. The third-order valence-electron chi connectivity index (χ3n) is 3.78. The third kappa shape index (κ3) is 5.51. The van der Waals surface area contributed by atoms with Gasteiger partial charge in [0.2, 0.25) is 0 Å². The molecule has 1 aliphatic rings. The number of rotatable bonds is 7. The highest BCUT2D eigenvalue weighted by molar-refractivity contribution is 7.99. The second kappa shape index (κ2) is 8.63. The number of nitrogens with zero attached hydrogens (tertiary/aromatic N) is 1. The highest BCUT2D eigenvalue weighted by Crippen LogP contribution is 2.29. The van der Waals surface area contributed by atoms with Crippen LogP contribution in [0.5, 0.6) is 0 Å². The molecule has 0 amide bonds. The van der Waals surface area contributed by atoms with Gasteiger partial charge < -0.3 is 10.1 Å². The van der Waals surface area contributed by atoms with Crippen molar-refractivity contribution in [2.24, 2.45) is 0 Å². The Morgan fingerprint density at radius 3 is 2.90 bits per heavy atom. The number of hydrogen-bond acceptors (Lipinski definition) is 6. The number of carbonyl (C=O) groups excluding carboxylic acids is 1. The monoisotopic (exact) mass is 328 g/mol. The van der Waals surface area contributed by atoms with E-state index in [1.807, 2.05) is 24.1 Å². The van der Waals surface area contributed by atoms with E-state index in [4.69, 9.17) is 4.74 Å².